The van der Waals surface area contributed by atoms with Crippen molar-refractivity contribution in [3.05, 3.63) is 214 Å². The Morgan fingerprint density at radius 3 is 1.31 bits per heavy atom. The molecule has 0 atom stereocenters. The van der Waals surface area contributed by atoms with Crippen LogP contribution in [0, 0.1) is 0 Å². The van der Waals surface area contributed by atoms with Crippen molar-refractivity contribution < 1.29 is 0 Å². The lowest BCUT2D eigenvalue weighted by molar-refractivity contribution is 0.633. The molecule has 8 aromatic rings. The van der Waals surface area contributed by atoms with E-state index in [1.807, 2.05) is 18.3 Å². The van der Waals surface area contributed by atoms with Gasteiger partial charge in [-0.3, -0.25) is 0 Å². The fourth-order valence-electron chi connectivity index (χ4n) is 9.49. The largest absolute Gasteiger partial charge is 0.236 e. The number of fused-ring (bicyclic) bond motifs is 17. The van der Waals surface area contributed by atoms with Crippen LogP contribution in [0.2, 0.25) is 0 Å². The summed E-state index contributed by atoms with van der Waals surface area (Å²) in [5, 5.41) is 1.05. The Labute approximate surface area is 279 Å². The summed E-state index contributed by atoms with van der Waals surface area (Å²) in [6.07, 6.45) is 1.94. The molecule has 0 aliphatic heterocycles. The number of aromatic nitrogens is 2. The Hall–Kier alpha value is -6.12. The zero-order valence-corrected chi connectivity index (χ0v) is 26.1. The summed E-state index contributed by atoms with van der Waals surface area (Å²) in [5.74, 6) is 0.748. The second-order valence-electron chi connectivity index (χ2n) is 13.2. The molecule has 2 heteroatoms. The van der Waals surface area contributed by atoms with E-state index in [0.717, 1.165) is 22.3 Å². The Morgan fingerprint density at radius 1 is 0.354 bits per heavy atom. The highest BCUT2D eigenvalue weighted by Gasteiger charge is 2.58. The fourth-order valence-corrected chi connectivity index (χ4v) is 9.49. The summed E-state index contributed by atoms with van der Waals surface area (Å²) in [6, 6.07) is 60.7. The van der Waals surface area contributed by atoms with Gasteiger partial charge >= 0.3 is 0 Å². The van der Waals surface area contributed by atoms with Gasteiger partial charge in [0.15, 0.2) is 5.82 Å². The molecule has 2 nitrogen and oxygen atoms in total. The van der Waals surface area contributed by atoms with Crippen LogP contribution < -0.4 is 0 Å². The highest BCUT2D eigenvalue weighted by Crippen LogP contribution is 2.67. The van der Waals surface area contributed by atoms with E-state index in [9.17, 15) is 0 Å². The molecule has 0 unspecified atom stereocenters. The Balaban J connectivity index is 1.25. The van der Waals surface area contributed by atoms with Gasteiger partial charge in [-0.15, -0.1) is 0 Å². The maximum absolute atomic E-state index is 4.98. The topological polar surface area (TPSA) is 25.8 Å². The van der Waals surface area contributed by atoms with Gasteiger partial charge in [-0.1, -0.05) is 152 Å². The molecule has 0 amide bonds. The molecular weight excluding hydrogens is 581 g/mol. The predicted molar refractivity (Wildman–Crippen MR) is 193 cm³/mol. The summed E-state index contributed by atoms with van der Waals surface area (Å²) in [7, 11) is 0. The van der Waals surface area contributed by atoms with Crippen LogP contribution in [0.15, 0.2) is 170 Å². The molecule has 2 spiro atoms. The second-order valence-corrected chi connectivity index (χ2v) is 13.2. The zero-order valence-electron chi connectivity index (χ0n) is 26.1. The number of hydrogen-bond donors (Lipinski definition) is 0. The third-order valence-corrected chi connectivity index (χ3v) is 11.2. The molecule has 48 heavy (non-hydrogen) atoms. The van der Waals surface area contributed by atoms with Gasteiger partial charge in [-0.25, -0.2) is 9.97 Å². The molecule has 3 aliphatic carbocycles. The van der Waals surface area contributed by atoms with Crippen LogP contribution in [0.25, 0.3) is 44.5 Å². The Bertz CT molecular complexity index is 2550. The van der Waals surface area contributed by atoms with Crippen LogP contribution in [0.1, 0.15) is 44.5 Å². The zero-order chi connectivity index (χ0) is 31.5. The third kappa shape index (κ3) is 2.99. The van der Waals surface area contributed by atoms with Gasteiger partial charge in [-0.2, -0.15) is 0 Å². The van der Waals surface area contributed by atoms with E-state index in [2.05, 4.69) is 152 Å². The molecule has 0 saturated heterocycles. The van der Waals surface area contributed by atoms with Gasteiger partial charge in [-0.05, 0) is 78.9 Å². The highest BCUT2D eigenvalue weighted by molar-refractivity contribution is 5.94. The van der Waals surface area contributed by atoms with E-state index in [-0.39, 0.29) is 0 Å². The Morgan fingerprint density at radius 2 is 0.771 bits per heavy atom. The van der Waals surface area contributed by atoms with Crippen LogP contribution in [0.5, 0.6) is 0 Å². The monoisotopic (exact) mass is 608 g/mol. The first-order chi connectivity index (χ1) is 23.8. The first-order valence-electron chi connectivity index (χ1n) is 16.7. The molecule has 0 saturated carbocycles. The first kappa shape index (κ1) is 26.0. The molecule has 1 aromatic heterocycles. The molecule has 0 bridgehead atoms. The molecule has 7 aromatic carbocycles. The summed E-state index contributed by atoms with van der Waals surface area (Å²) in [5.41, 5.74) is 17.0. The van der Waals surface area contributed by atoms with E-state index in [1.54, 1.807) is 0 Å². The summed E-state index contributed by atoms with van der Waals surface area (Å²) in [4.78, 5) is 9.80. The lowest BCUT2D eigenvalue weighted by Gasteiger charge is -2.48. The average molecular weight is 609 g/mol. The van der Waals surface area contributed by atoms with Crippen LogP contribution in [-0.4, -0.2) is 9.97 Å². The van der Waals surface area contributed by atoms with E-state index in [4.69, 9.17) is 9.97 Å². The van der Waals surface area contributed by atoms with Crippen LogP contribution in [0.4, 0.5) is 0 Å². The molecule has 3 aliphatic rings. The van der Waals surface area contributed by atoms with Crippen molar-refractivity contribution in [1.29, 1.82) is 0 Å². The maximum atomic E-state index is 4.98. The van der Waals surface area contributed by atoms with E-state index >= 15 is 0 Å². The second kappa shape index (κ2) is 9.24. The third-order valence-electron chi connectivity index (χ3n) is 11.2. The summed E-state index contributed by atoms with van der Waals surface area (Å²) >= 11 is 0. The van der Waals surface area contributed by atoms with E-state index in [1.165, 1.54) is 66.8 Å². The van der Waals surface area contributed by atoms with Gasteiger partial charge in [0.25, 0.3) is 0 Å². The van der Waals surface area contributed by atoms with E-state index in [0.29, 0.717) is 0 Å². The van der Waals surface area contributed by atoms with Crippen molar-refractivity contribution in [3.63, 3.8) is 0 Å². The predicted octanol–water partition coefficient (Wildman–Crippen LogP) is 10.3. The molecule has 11 rings (SSSR count). The van der Waals surface area contributed by atoms with Gasteiger partial charge in [0.05, 0.1) is 16.3 Å². The number of para-hydroxylation sites is 1. The SMILES string of the molecule is c1ccc2c(c1)-c1ccccc1C21c2ccccc2C2(c3ccccc3-c3cc(-c4ncc5ccccc5n4)ccc32)c2ccccc21. The van der Waals surface area contributed by atoms with Crippen LogP contribution >= 0.6 is 0 Å². The van der Waals surface area contributed by atoms with Gasteiger partial charge < -0.3 is 0 Å². The molecule has 0 radical (unpaired) electrons. The quantitative estimate of drug-likeness (QED) is 0.185. The number of hydrogen-bond acceptors (Lipinski definition) is 2. The molecule has 0 N–H and O–H groups in total. The number of rotatable bonds is 1. The van der Waals surface area contributed by atoms with Gasteiger partial charge in [0, 0.05) is 17.1 Å². The van der Waals surface area contributed by atoms with E-state index < -0.39 is 10.8 Å². The number of benzene rings is 7. The standard InChI is InChI=1S/C46H28N2/c1-12-24-43-30(13-1)28-47-44(48-43)29-25-26-38-34(27-29)33-16-4-7-19-37(33)46(38)41-22-10-8-20-39(41)45(40-21-9-11-23-42(40)46)35-17-5-2-14-31(35)32-15-3-6-18-36(32)45/h1-28H. The van der Waals surface area contributed by atoms with Crippen molar-refractivity contribution in [2.45, 2.75) is 10.8 Å². The van der Waals surface area contributed by atoms with Crippen LogP contribution in [0.3, 0.4) is 0 Å². The number of nitrogens with zero attached hydrogens (tertiary/aromatic N) is 2. The molecule has 222 valence electrons. The first-order valence-corrected chi connectivity index (χ1v) is 16.7. The average Bonchev–Trinajstić information content (AvgIpc) is 3.62. The molecule has 1 heterocycles. The van der Waals surface area contributed by atoms with Crippen molar-refractivity contribution in [2.75, 3.05) is 0 Å². The summed E-state index contributed by atoms with van der Waals surface area (Å²) in [6.45, 7) is 0. The molecule has 0 fully saturated rings. The fraction of sp³-hybridized carbons (Fsp3) is 0.0435. The highest BCUT2D eigenvalue weighted by atomic mass is 14.9. The minimum atomic E-state index is -0.486. The normalized spacial score (nSPS) is 15.0. The lowest BCUT2D eigenvalue weighted by atomic mass is 9.52. The minimum Gasteiger partial charge on any atom is -0.236 e. The van der Waals surface area contributed by atoms with Crippen molar-refractivity contribution in [3.8, 4) is 33.6 Å². The van der Waals surface area contributed by atoms with Gasteiger partial charge in [0.1, 0.15) is 0 Å². The minimum absolute atomic E-state index is 0.428. The van der Waals surface area contributed by atoms with Gasteiger partial charge in [0.2, 0.25) is 0 Å². The maximum Gasteiger partial charge on any atom is 0.159 e. The Kier molecular flexibility index (Phi) is 5.01. The smallest absolute Gasteiger partial charge is 0.159 e. The van der Waals surface area contributed by atoms with Crippen LogP contribution in [-0.2, 0) is 10.8 Å². The molecular formula is C46H28N2. The van der Waals surface area contributed by atoms with Crippen molar-refractivity contribution in [1.82, 2.24) is 9.97 Å². The van der Waals surface area contributed by atoms with Crippen molar-refractivity contribution in [2.24, 2.45) is 0 Å². The summed E-state index contributed by atoms with van der Waals surface area (Å²) < 4.78 is 0. The van der Waals surface area contributed by atoms with Crippen molar-refractivity contribution >= 4 is 10.9 Å². The lowest BCUT2D eigenvalue weighted by Crippen LogP contribution is -2.43.